The minimum Gasteiger partial charge on any atom is -0.464 e. The third-order valence-corrected chi connectivity index (χ3v) is 7.41. The number of anilines is 1. The molecule has 41 heavy (non-hydrogen) atoms. The molecule has 0 spiro atoms. The fraction of sp³-hybridized carbons (Fsp3) is 0.607. The second-order valence-corrected chi connectivity index (χ2v) is 13.7. The number of aromatic nitrogens is 3. The molecule has 1 N–H and O–H groups in total. The number of nitrogens with one attached hydrogen (secondary N) is 1. The Bertz CT molecular complexity index is 1360. The highest BCUT2D eigenvalue weighted by molar-refractivity contribution is 8.00. The van der Waals surface area contributed by atoms with Crippen LogP contribution in [0.4, 0.5) is 10.7 Å². The summed E-state index contributed by atoms with van der Waals surface area (Å²) in [7, 11) is 1.27. The number of esters is 1. The van der Waals surface area contributed by atoms with Crippen molar-refractivity contribution in [3.63, 3.8) is 0 Å². The molecule has 0 aromatic carbocycles. The first-order valence-corrected chi connectivity index (χ1v) is 14.6. The average molecular weight is 590 g/mol. The maximum Gasteiger partial charge on any atom is 0.408 e. The lowest BCUT2D eigenvalue weighted by Gasteiger charge is -2.26. The molecule has 1 saturated heterocycles. The number of rotatable bonds is 8. The molecule has 1 fully saturated rings. The molecule has 1 atom stereocenters. The fourth-order valence-electron chi connectivity index (χ4n) is 4.16. The SMILES string of the molecule is COC(=O)c1coc(-c2nc(-c3nc([C@H](CSC(C)(C)C)NC(=O)OC(C)(C)C)oc3N3CCCCC3)oc2C)n1. The summed E-state index contributed by atoms with van der Waals surface area (Å²) in [5, 5.41) is 2.94. The number of carbonyl (C=O) groups excluding carboxylic acids is 2. The molecule has 1 aliphatic heterocycles. The second-order valence-electron chi connectivity index (χ2n) is 11.8. The van der Waals surface area contributed by atoms with E-state index in [2.05, 4.69) is 41.0 Å². The van der Waals surface area contributed by atoms with Crippen LogP contribution in [0.3, 0.4) is 0 Å². The number of nitrogens with zero attached hydrogens (tertiary/aromatic N) is 4. The van der Waals surface area contributed by atoms with Crippen LogP contribution >= 0.6 is 11.8 Å². The van der Waals surface area contributed by atoms with Crippen molar-refractivity contribution in [2.45, 2.75) is 84.1 Å². The van der Waals surface area contributed by atoms with Gasteiger partial charge in [-0.2, -0.15) is 11.8 Å². The quantitative estimate of drug-likeness (QED) is 0.300. The molecular weight excluding hydrogens is 550 g/mol. The largest absolute Gasteiger partial charge is 0.464 e. The van der Waals surface area contributed by atoms with Crippen molar-refractivity contribution in [1.82, 2.24) is 20.3 Å². The molecule has 224 valence electrons. The molecule has 4 rings (SSSR count). The lowest BCUT2D eigenvalue weighted by molar-refractivity contribution is 0.0501. The molecular formula is C28H39N5O7S. The summed E-state index contributed by atoms with van der Waals surface area (Å²) in [6.07, 6.45) is 3.81. The van der Waals surface area contributed by atoms with Gasteiger partial charge in [-0.15, -0.1) is 0 Å². The Labute approximate surface area is 243 Å². The molecule has 3 aromatic rings. The van der Waals surface area contributed by atoms with Gasteiger partial charge in [-0.1, -0.05) is 20.8 Å². The summed E-state index contributed by atoms with van der Waals surface area (Å²) >= 11 is 1.67. The number of amides is 1. The van der Waals surface area contributed by atoms with Gasteiger partial charge in [0.2, 0.25) is 17.7 Å². The smallest absolute Gasteiger partial charge is 0.408 e. The maximum absolute atomic E-state index is 12.8. The Kier molecular flexibility index (Phi) is 9.05. The van der Waals surface area contributed by atoms with E-state index >= 15 is 0 Å². The molecule has 0 saturated carbocycles. The van der Waals surface area contributed by atoms with E-state index in [0.29, 0.717) is 34.7 Å². The summed E-state index contributed by atoms with van der Waals surface area (Å²) in [6, 6.07) is -0.573. The molecule has 0 unspecified atom stereocenters. The Morgan fingerprint density at radius 3 is 2.37 bits per heavy atom. The van der Waals surface area contributed by atoms with Crippen molar-refractivity contribution >= 4 is 29.7 Å². The number of oxazole rings is 3. The molecule has 13 heteroatoms. The molecule has 1 aliphatic rings. The van der Waals surface area contributed by atoms with Crippen LogP contribution < -0.4 is 10.2 Å². The summed E-state index contributed by atoms with van der Waals surface area (Å²) < 4.78 is 28.1. The Balaban J connectivity index is 1.73. The van der Waals surface area contributed by atoms with Gasteiger partial charge in [0.15, 0.2) is 17.1 Å². The number of thioether (sulfide) groups is 1. The van der Waals surface area contributed by atoms with E-state index in [9.17, 15) is 9.59 Å². The van der Waals surface area contributed by atoms with Gasteiger partial charge in [-0.25, -0.2) is 24.5 Å². The Morgan fingerprint density at radius 1 is 1.02 bits per heavy atom. The zero-order valence-corrected chi connectivity index (χ0v) is 25.8. The van der Waals surface area contributed by atoms with E-state index in [1.165, 1.54) is 13.4 Å². The van der Waals surface area contributed by atoms with E-state index in [1.54, 1.807) is 18.7 Å². The first-order chi connectivity index (χ1) is 19.2. The summed E-state index contributed by atoms with van der Waals surface area (Å²) in [6.45, 7) is 15.1. The van der Waals surface area contributed by atoms with Crippen LogP contribution in [0.25, 0.3) is 23.2 Å². The van der Waals surface area contributed by atoms with Gasteiger partial charge in [0.05, 0.1) is 7.11 Å². The molecule has 3 aromatic heterocycles. The predicted octanol–water partition coefficient (Wildman–Crippen LogP) is 6.17. The topological polar surface area (TPSA) is 146 Å². The van der Waals surface area contributed by atoms with Crippen molar-refractivity contribution in [3.8, 4) is 23.2 Å². The minimum atomic E-state index is -0.661. The van der Waals surface area contributed by atoms with Crippen LogP contribution in [-0.4, -0.2) is 63.3 Å². The highest BCUT2D eigenvalue weighted by atomic mass is 32.2. The van der Waals surface area contributed by atoms with E-state index in [0.717, 1.165) is 32.4 Å². The number of hydrogen-bond acceptors (Lipinski definition) is 12. The number of piperidine rings is 1. The molecule has 4 heterocycles. The van der Waals surface area contributed by atoms with Crippen LogP contribution in [0.5, 0.6) is 0 Å². The van der Waals surface area contributed by atoms with Crippen molar-refractivity contribution in [1.29, 1.82) is 0 Å². The normalized spacial score (nSPS) is 15.1. The minimum absolute atomic E-state index is 0.0246. The number of alkyl carbamates (subject to hydrolysis) is 1. The summed E-state index contributed by atoms with van der Waals surface area (Å²) in [4.78, 5) is 40.4. The van der Waals surface area contributed by atoms with Gasteiger partial charge in [0.1, 0.15) is 23.7 Å². The van der Waals surface area contributed by atoms with Crippen molar-refractivity contribution < 1.29 is 32.3 Å². The van der Waals surface area contributed by atoms with E-state index in [4.69, 9.17) is 27.7 Å². The van der Waals surface area contributed by atoms with Gasteiger partial charge in [0.25, 0.3) is 5.89 Å². The van der Waals surface area contributed by atoms with E-state index in [1.807, 2.05) is 20.8 Å². The van der Waals surface area contributed by atoms with Gasteiger partial charge in [-0.3, -0.25) is 0 Å². The van der Waals surface area contributed by atoms with E-state index in [-0.39, 0.29) is 22.2 Å². The van der Waals surface area contributed by atoms with Crippen LogP contribution in [0, 0.1) is 6.92 Å². The molecule has 0 aliphatic carbocycles. The zero-order valence-electron chi connectivity index (χ0n) is 25.0. The van der Waals surface area contributed by atoms with Crippen molar-refractivity contribution in [2.75, 3.05) is 30.9 Å². The van der Waals surface area contributed by atoms with Crippen LogP contribution in [0.2, 0.25) is 0 Å². The zero-order chi connectivity index (χ0) is 29.9. The Morgan fingerprint density at radius 2 is 1.73 bits per heavy atom. The number of carbonyl (C=O) groups is 2. The highest BCUT2D eigenvalue weighted by Gasteiger charge is 2.32. The van der Waals surface area contributed by atoms with E-state index < -0.39 is 23.7 Å². The summed E-state index contributed by atoms with van der Waals surface area (Å²) in [5.41, 5.74) is 0.104. The Hall–Kier alpha value is -3.48. The number of aryl methyl sites for hydroxylation is 1. The monoisotopic (exact) mass is 589 g/mol. The third kappa shape index (κ3) is 7.84. The van der Waals surface area contributed by atoms with Crippen molar-refractivity contribution in [2.24, 2.45) is 0 Å². The third-order valence-electron chi connectivity index (χ3n) is 6.04. The lowest BCUT2D eigenvalue weighted by Crippen LogP contribution is -2.36. The summed E-state index contributed by atoms with van der Waals surface area (Å²) in [5.74, 6) is 1.49. The predicted molar refractivity (Wildman–Crippen MR) is 154 cm³/mol. The number of hydrogen-bond donors (Lipinski definition) is 1. The van der Waals surface area contributed by atoms with Crippen molar-refractivity contribution in [3.05, 3.63) is 23.6 Å². The maximum atomic E-state index is 12.8. The lowest BCUT2D eigenvalue weighted by atomic mass is 10.1. The van der Waals surface area contributed by atoms with Crippen LogP contribution in [0.1, 0.15) is 89.0 Å². The highest BCUT2D eigenvalue weighted by Crippen LogP contribution is 2.38. The van der Waals surface area contributed by atoms with Crippen LogP contribution in [0.15, 0.2) is 19.5 Å². The molecule has 1 amide bonds. The second kappa shape index (κ2) is 12.2. The first kappa shape index (κ1) is 30.5. The van der Waals surface area contributed by atoms with Gasteiger partial charge < -0.3 is 32.9 Å². The fourth-order valence-corrected chi connectivity index (χ4v) is 5.06. The van der Waals surface area contributed by atoms with Gasteiger partial charge in [-0.05, 0) is 47.0 Å². The molecule has 12 nitrogen and oxygen atoms in total. The van der Waals surface area contributed by atoms with Gasteiger partial charge >= 0.3 is 12.1 Å². The molecule has 0 bridgehead atoms. The van der Waals surface area contributed by atoms with Gasteiger partial charge in [0, 0.05) is 23.6 Å². The number of ether oxygens (including phenoxy) is 2. The standard InChI is InChI=1S/C28H39N5O7S/c1-16-19(22-29-17(14-37-22)25(34)36-8)31-23(38-16)20-24(33-12-10-9-11-13-33)39-21(32-20)18(15-41-28(5,6)7)30-26(35)40-27(2,3)4/h14,18H,9-13,15H2,1-8H3,(H,30,35)/t18-/m0/s1. The first-order valence-electron chi connectivity index (χ1n) is 13.6. The van der Waals surface area contributed by atoms with Crippen LogP contribution in [-0.2, 0) is 9.47 Å². The molecule has 0 radical (unpaired) electrons. The average Bonchev–Trinajstić information content (AvgIpc) is 3.63. The number of methoxy groups -OCH3 is 1.